The van der Waals surface area contributed by atoms with Crippen LogP contribution in [0.2, 0.25) is 0 Å². The Morgan fingerprint density at radius 1 is 1.34 bits per heavy atom. The lowest BCUT2D eigenvalue weighted by molar-refractivity contribution is -0.154. The fourth-order valence-electron chi connectivity index (χ4n) is 7.01. The van der Waals surface area contributed by atoms with E-state index in [9.17, 15) is 19.5 Å². The fraction of sp³-hybridized carbons (Fsp3) is 0.633. The number of carbonyl (C=O) groups is 3. The molecule has 3 heterocycles. The first-order valence-electron chi connectivity index (χ1n) is 13.9. The Morgan fingerprint density at radius 2 is 2.05 bits per heavy atom. The van der Waals surface area contributed by atoms with E-state index in [2.05, 4.69) is 13.5 Å². The highest BCUT2D eigenvalue weighted by Crippen LogP contribution is 2.69. The third-order valence-electron chi connectivity index (χ3n) is 9.05. The zero-order chi connectivity index (χ0) is 27.9. The van der Waals surface area contributed by atoms with Crippen molar-refractivity contribution in [3.8, 4) is 0 Å². The second kappa shape index (κ2) is 11.0. The zero-order valence-corrected chi connectivity index (χ0v) is 24.3. The van der Waals surface area contributed by atoms with Crippen LogP contribution in [-0.2, 0) is 19.1 Å². The van der Waals surface area contributed by atoms with Crippen molar-refractivity contribution in [3.63, 3.8) is 0 Å². The molecule has 3 saturated heterocycles. The molecule has 0 aromatic heterocycles. The molecule has 1 aromatic carbocycles. The molecule has 38 heavy (non-hydrogen) atoms. The largest absolute Gasteiger partial charge is 0.466 e. The van der Waals surface area contributed by atoms with E-state index in [0.717, 1.165) is 29.7 Å². The summed E-state index contributed by atoms with van der Waals surface area (Å²) in [5.74, 6) is -1.97. The summed E-state index contributed by atoms with van der Waals surface area (Å²) >= 11 is 1.63. The lowest BCUT2D eigenvalue weighted by atomic mass is 9.66. The zero-order valence-electron chi connectivity index (χ0n) is 23.5. The van der Waals surface area contributed by atoms with Gasteiger partial charge >= 0.3 is 5.97 Å². The topological polar surface area (TPSA) is 87.2 Å². The van der Waals surface area contributed by atoms with Crippen LogP contribution in [0.1, 0.15) is 51.7 Å². The number of esters is 1. The summed E-state index contributed by atoms with van der Waals surface area (Å²) in [6.07, 6.45) is 3.19. The van der Waals surface area contributed by atoms with Crippen molar-refractivity contribution >= 4 is 35.2 Å². The van der Waals surface area contributed by atoms with E-state index in [0.29, 0.717) is 6.54 Å². The number of rotatable bonds is 10. The Bertz CT molecular complexity index is 1110. The number of aliphatic hydroxyl groups is 1. The van der Waals surface area contributed by atoms with Gasteiger partial charge < -0.3 is 19.6 Å². The third kappa shape index (κ3) is 4.28. The van der Waals surface area contributed by atoms with E-state index in [-0.39, 0.29) is 48.1 Å². The molecular weight excluding hydrogens is 500 g/mol. The highest BCUT2D eigenvalue weighted by molar-refractivity contribution is 8.02. The van der Waals surface area contributed by atoms with Gasteiger partial charge in [-0.05, 0) is 56.2 Å². The number of amides is 2. The molecule has 0 radical (unpaired) electrons. The molecule has 3 aliphatic heterocycles. The molecule has 8 atom stereocenters. The van der Waals surface area contributed by atoms with E-state index in [1.807, 2.05) is 45.9 Å². The number of hydrogen-bond acceptors (Lipinski definition) is 6. The molecule has 208 valence electrons. The van der Waals surface area contributed by atoms with Crippen LogP contribution < -0.4 is 4.90 Å². The molecule has 1 N–H and O–H groups in total. The van der Waals surface area contributed by atoms with Gasteiger partial charge in [0.25, 0.3) is 5.91 Å². The number of carbonyl (C=O) groups excluding carboxylic acids is 3. The second-order valence-electron chi connectivity index (χ2n) is 11.2. The average Bonchev–Trinajstić information content (AvgIpc) is 3.48. The fourth-order valence-corrected chi connectivity index (χ4v) is 9.40. The van der Waals surface area contributed by atoms with Crippen molar-refractivity contribution in [2.24, 2.45) is 23.7 Å². The van der Waals surface area contributed by atoms with Crippen LogP contribution in [0.25, 0.3) is 0 Å². The minimum atomic E-state index is -0.810. The highest BCUT2D eigenvalue weighted by atomic mass is 32.2. The molecule has 1 spiro atoms. The number of thioether (sulfide) groups is 1. The van der Waals surface area contributed by atoms with Crippen LogP contribution in [-0.4, -0.2) is 69.6 Å². The van der Waals surface area contributed by atoms with Crippen molar-refractivity contribution in [2.45, 2.75) is 76.5 Å². The van der Waals surface area contributed by atoms with E-state index in [1.54, 1.807) is 34.6 Å². The monoisotopic (exact) mass is 542 g/mol. The molecule has 0 saturated carbocycles. The van der Waals surface area contributed by atoms with Crippen LogP contribution >= 0.6 is 11.8 Å². The van der Waals surface area contributed by atoms with Gasteiger partial charge in [-0.2, -0.15) is 0 Å². The number of fused-ring (bicyclic) bond motifs is 1. The number of ether oxygens (including phenoxy) is 1. The van der Waals surface area contributed by atoms with Crippen molar-refractivity contribution < 1.29 is 24.2 Å². The van der Waals surface area contributed by atoms with Crippen molar-refractivity contribution in [3.05, 3.63) is 42.0 Å². The summed E-state index contributed by atoms with van der Waals surface area (Å²) in [7, 11) is 0. The molecule has 3 unspecified atom stereocenters. The van der Waals surface area contributed by atoms with Gasteiger partial charge in [0.15, 0.2) is 0 Å². The number of nitrogens with zero attached hydrogens (tertiary/aromatic N) is 2. The molecule has 1 aromatic rings. The summed E-state index contributed by atoms with van der Waals surface area (Å²) < 4.78 is 4.69. The first-order valence-corrected chi connectivity index (χ1v) is 14.7. The first kappa shape index (κ1) is 28.7. The minimum Gasteiger partial charge on any atom is -0.466 e. The van der Waals surface area contributed by atoms with Gasteiger partial charge in [0.1, 0.15) is 6.04 Å². The average molecular weight is 543 g/mol. The van der Waals surface area contributed by atoms with E-state index < -0.39 is 28.7 Å². The van der Waals surface area contributed by atoms with Crippen LogP contribution in [0.15, 0.2) is 30.9 Å². The minimum absolute atomic E-state index is 0.0263. The molecule has 3 fully saturated rings. The SMILES string of the molecule is C=CCN(C(=O)C1N([C@@H](CO)[C@@H](C)CC)C(=O)[C@@H]2[C@H](C(=O)OCC)[C@@H]3CC(C)C12S3)c1cc(C)ccc1C. The predicted octanol–water partition coefficient (Wildman–Crippen LogP) is 4.13. The lowest BCUT2D eigenvalue weighted by Crippen LogP contribution is -2.60. The van der Waals surface area contributed by atoms with E-state index >= 15 is 0 Å². The number of benzene rings is 1. The molecule has 3 aliphatic rings. The maximum absolute atomic E-state index is 14.8. The third-order valence-corrected chi connectivity index (χ3v) is 11.1. The van der Waals surface area contributed by atoms with Gasteiger partial charge in [0.2, 0.25) is 5.91 Å². The van der Waals surface area contributed by atoms with Gasteiger partial charge in [-0.1, -0.05) is 45.4 Å². The standard InChI is InChI=1S/C30H42N2O5S/c1-8-13-31(21-14-17(4)11-12-19(21)6)28(35)26-30-20(7)15-23(38-30)24(29(36)37-10-3)25(30)27(34)32(26)22(16-33)18(5)9-2/h8,11-12,14,18,20,22-26,33H,1,9-10,13,15-16H2,2-7H3/t18-,20?,22-,23-,24+,25-,26?,30?/m0/s1. The van der Waals surface area contributed by atoms with Gasteiger partial charge in [0.05, 0.1) is 35.8 Å². The van der Waals surface area contributed by atoms with Crippen LogP contribution in [0.3, 0.4) is 0 Å². The quantitative estimate of drug-likeness (QED) is 0.353. The normalized spacial score (nSPS) is 31.2. The lowest BCUT2D eigenvalue weighted by Gasteiger charge is -2.43. The Kier molecular flexibility index (Phi) is 8.34. The summed E-state index contributed by atoms with van der Waals surface area (Å²) in [4.78, 5) is 45.9. The van der Waals surface area contributed by atoms with Crippen molar-refractivity contribution in [1.29, 1.82) is 0 Å². The Hall–Kier alpha value is -2.32. The molecule has 2 bridgehead atoms. The van der Waals surface area contributed by atoms with Crippen molar-refractivity contribution in [2.75, 3.05) is 24.7 Å². The van der Waals surface area contributed by atoms with E-state index in [1.165, 1.54) is 0 Å². The number of aryl methyl sites for hydroxylation is 2. The summed E-state index contributed by atoms with van der Waals surface area (Å²) in [6, 6.07) is 4.67. The Balaban J connectivity index is 1.90. The maximum Gasteiger partial charge on any atom is 0.310 e. The smallest absolute Gasteiger partial charge is 0.310 e. The molecule has 8 heteroatoms. The predicted molar refractivity (Wildman–Crippen MR) is 151 cm³/mol. The van der Waals surface area contributed by atoms with Crippen molar-refractivity contribution in [1.82, 2.24) is 4.90 Å². The number of hydrogen-bond donors (Lipinski definition) is 1. The maximum atomic E-state index is 14.8. The van der Waals surface area contributed by atoms with E-state index in [4.69, 9.17) is 4.74 Å². The Labute approximate surface area is 231 Å². The molecular formula is C30H42N2O5S. The van der Waals surface area contributed by atoms with Crippen LogP contribution in [0, 0.1) is 37.5 Å². The first-order chi connectivity index (χ1) is 18.1. The van der Waals surface area contributed by atoms with Crippen LogP contribution in [0.4, 0.5) is 5.69 Å². The molecule has 4 rings (SSSR count). The Morgan fingerprint density at radius 3 is 2.66 bits per heavy atom. The number of likely N-dealkylation sites (tertiary alicyclic amines) is 1. The number of aliphatic hydroxyl groups excluding tert-OH is 1. The highest BCUT2D eigenvalue weighted by Gasteiger charge is 2.77. The molecule has 0 aliphatic carbocycles. The summed E-state index contributed by atoms with van der Waals surface area (Å²) in [5, 5.41) is 10.5. The van der Waals surface area contributed by atoms with Gasteiger partial charge in [-0.15, -0.1) is 18.3 Å². The molecule has 7 nitrogen and oxygen atoms in total. The second-order valence-corrected chi connectivity index (χ2v) is 12.8. The summed E-state index contributed by atoms with van der Waals surface area (Å²) in [5.41, 5.74) is 2.78. The van der Waals surface area contributed by atoms with Gasteiger partial charge in [0, 0.05) is 17.5 Å². The van der Waals surface area contributed by atoms with Crippen LogP contribution in [0.5, 0.6) is 0 Å². The number of anilines is 1. The molecule has 2 amide bonds. The van der Waals surface area contributed by atoms with Gasteiger partial charge in [-0.3, -0.25) is 14.4 Å². The van der Waals surface area contributed by atoms with Gasteiger partial charge in [-0.25, -0.2) is 0 Å². The summed E-state index contributed by atoms with van der Waals surface area (Å²) in [6.45, 7) is 16.1.